The summed E-state index contributed by atoms with van der Waals surface area (Å²) in [7, 11) is -1.97. The molecule has 184 valence electrons. The first-order valence-corrected chi connectivity index (χ1v) is 12.9. The maximum absolute atomic E-state index is 13.0. The second kappa shape index (κ2) is 9.96. The third-order valence-electron chi connectivity index (χ3n) is 5.34. The van der Waals surface area contributed by atoms with Gasteiger partial charge in [0.15, 0.2) is 32.8 Å². The predicted molar refractivity (Wildman–Crippen MR) is 135 cm³/mol. The monoisotopic (exact) mass is 524 g/mol. The van der Waals surface area contributed by atoms with Gasteiger partial charge in [-0.05, 0) is 67.6 Å². The van der Waals surface area contributed by atoms with E-state index in [2.05, 4.69) is 5.10 Å². The average molecular weight is 525 g/mol. The number of methoxy groups -OCH3 is 1. The smallest absolute Gasteiger partial charge is 0.364 e. The molecular weight excluding hydrogens is 504 g/mol. The molecule has 1 aromatic heterocycles. The van der Waals surface area contributed by atoms with E-state index in [-0.39, 0.29) is 27.9 Å². The highest BCUT2D eigenvalue weighted by Gasteiger charge is 2.21. The lowest BCUT2D eigenvalue weighted by atomic mass is 10.1. The molecule has 0 N–H and O–H groups in total. The summed E-state index contributed by atoms with van der Waals surface area (Å²) in [6, 6.07) is 19.2. The fourth-order valence-electron chi connectivity index (χ4n) is 3.46. The summed E-state index contributed by atoms with van der Waals surface area (Å²) in [4.78, 5) is 24.9. The van der Waals surface area contributed by atoms with Crippen LogP contribution in [0.25, 0.3) is 16.9 Å². The minimum absolute atomic E-state index is 0.00448. The van der Waals surface area contributed by atoms with Gasteiger partial charge in [0.25, 0.3) is 0 Å². The second-order valence-corrected chi connectivity index (χ2v) is 10.4. The van der Waals surface area contributed by atoms with Crippen LogP contribution in [0.4, 0.5) is 0 Å². The van der Waals surface area contributed by atoms with Crippen molar-refractivity contribution >= 4 is 33.2 Å². The molecule has 0 saturated heterocycles. The molecular formula is C26H21ClN2O6S. The first-order valence-electron chi connectivity index (χ1n) is 10.6. The fourth-order valence-corrected chi connectivity index (χ4v) is 4.22. The Morgan fingerprint density at radius 1 is 0.917 bits per heavy atom. The Bertz CT molecular complexity index is 1560. The molecule has 10 heteroatoms. The number of hydrogen-bond donors (Lipinski definition) is 0. The van der Waals surface area contributed by atoms with Crippen LogP contribution in [0, 0.1) is 0 Å². The Hall–Kier alpha value is -3.95. The van der Waals surface area contributed by atoms with Crippen LogP contribution in [-0.4, -0.2) is 43.3 Å². The van der Waals surface area contributed by atoms with Gasteiger partial charge in [-0.3, -0.25) is 4.79 Å². The summed E-state index contributed by atoms with van der Waals surface area (Å²) in [6.07, 6.45) is 1.13. The Morgan fingerprint density at radius 2 is 1.58 bits per heavy atom. The number of Topliss-reactive ketones (excluding diaryl/α,β-unsaturated/α-hetero) is 1. The lowest BCUT2D eigenvalue weighted by Gasteiger charge is -2.09. The van der Waals surface area contributed by atoms with E-state index in [9.17, 15) is 18.0 Å². The number of nitrogens with zero attached hydrogens (tertiary/aromatic N) is 2. The van der Waals surface area contributed by atoms with Gasteiger partial charge in [-0.1, -0.05) is 23.7 Å². The van der Waals surface area contributed by atoms with Crippen LogP contribution in [-0.2, 0) is 9.84 Å². The van der Waals surface area contributed by atoms with E-state index >= 15 is 0 Å². The number of rotatable bonds is 7. The van der Waals surface area contributed by atoms with Crippen molar-refractivity contribution in [3.05, 3.63) is 89.1 Å². The molecule has 0 radical (unpaired) electrons. The minimum Gasteiger partial charge on any atom is -0.493 e. The molecule has 0 aliphatic rings. The molecule has 8 nitrogen and oxygen atoms in total. The SMILES string of the molecule is COc1cc(C(C)=O)ccc1OC(=O)c1cc(-c2ccc(Cl)cc2)n(-c2ccc(S(C)(=O)=O)cc2)n1. The molecule has 4 aromatic rings. The third kappa shape index (κ3) is 5.32. The number of esters is 1. The van der Waals surface area contributed by atoms with Crippen molar-refractivity contribution in [2.75, 3.05) is 13.4 Å². The molecule has 0 saturated carbocycles. The molecule has 0 aliphatic carbocycles. The molecule has 0 aliphatic heterocycles. The van der Waals surface area contributed by atoms with Crippen molar-refractivity contribution in [1.29, 1.82) is 0 Å². The summed E-state index contributed by atoms with van der Waals surface area (Å²) in [5.74, 6) is -0.539. The van der Waals surface area contributed by atoms with Gasteiger partial charge in [-0.2, -0.15) is 5.10 Å². The summed E-state index contributed by atoms with van der Waals surface area (Å²) in [5.41, 5.74) is 2.24. The molecule has 0 unspecified atom stereocenters. The van der Waals surface area contributed by atoms with Gasteiger partial charge in [0, 0.05) is 22.4 Å². The van der Waals surface area contributed by atoms with Crippen LogP contribution < -0.4 is 9.47 Å². The van der Waals surface area contributed by atoms with E-state index in [1.54, 1.807) is 42.5 Å². The standard InChI is InChI=1S/C26H21ClN2O6S/c1-16(30)18-6-13-24(25(14-18)34-2)35-26(31)22-15-23(17-4-7-19(27)8-5-17)29(28-22)20-9-11-21(12-10-20)36(3,32)33/h4-15H,1-3H3. The summed E-state index contributed by atoms with van der Waals surface area (Å²) in [5, 5.41) is 4.98. The van der Waals surface area contributed by atoms with Crippen LogP contribution in [0.5, 0.6) is 11.5 Å². The molecule has 0 fully saturated rings. The van der Waals surface area contributed by atoms with Crippen LogP contribution >= 0.6 is 11.6 Å². The molecule has 0 amide bonds. The van der Waals surface area contributed by atoms with E-state index in [1.807, 2.05) is 0 Å². The van der Waals surface area contributed by atoms with Gasteiger partial charge < -0.3 is 9.47 Å². The van der Waals surface area contributed by atoms with Crippen LogP contribution in [0.1, 0.15) is 27.8 Å². The zero-order valence-electron chi connectivity index (χ0n) is 19.6. The highest BCUT2D eigenvalue weighted by atomic mass is 35.5. The molecule has 0 spiro atoms. The van der Waals surface area contributed by atoms with Gasteiger partial charge >= 0.3 is 5.97 Å². The Morgan fingerprint density at radius 3 is 2.17 bits per heavy atom. The van der Waals surface area contributed by atoms with Crippen molar-refractivity contribution in [2.24, 2.45) is 0 Å². The number of halogens is 1. The van der Waals surface area contributed by atoms with Crippen molar-refractivity contribution < 1.29 is 27.5 Å². The van der Waals surface area contributed by atoms with E-state index < -0.39 is 15.8 Å². The topological polar surface area (TPSA) is 105 Å². The fraction of sp³-hybridized carbons (Fsp3) is 0.115. The Balaban J connectivity index is 1.75. The average Bonchev–Trinajstić information content (AvgIpc) is 3.30. The van der Waals surface area contributed by atoms with E-state index in [1.165, 1.54) is 49.0 Å². The number of carbonyl (C=O) groups excluding carboxylic acids is 2. The van der Waals surface area contributed by atoms with Crippen molar-refractivity contribution in [1.82, 2.24) is 9.78 Å². The quantitative estimate of drug-likeness (QED) is 0.190. The number of sulfone groups is 1. The van der Waals surface area contributed by atoms with E-state index in [0.717, 1.165) is 11.8 Å². The summed E-state index contributed by atoms with van der Waals surface area (Å²) >= 11 is 6.03. The van der Waals surface area contributed by atoms with Crippen LogP contribution in [0.2, 0.25) is 5.02 Å². The number of benzene rings is 3. The molecule has 4 rings (SSSR count). The Kier molecular flexibility index (Phi) is 6.96. The first-order chi connectivity index (χ1) is 17.1. The first kappa shape index (κ1) is 25.2. The van der Waals surface area contributed by atoms with Gasteiger partial charge in [0.05, 0.1) is 23.4 Å². The van der Waals surface area contributed by atoms with Crippen molar-refractivity contribution in [2.45, 2.75) is 11.8 Å². The maximum Gasteiger partial charge on any atom is 0.364 e. The second-order valence-electron chi connectivity index (χ2n) is 7.91. The lowest BCUT2D eigenvalue weighted by molar-refractivity contribution is 0.0723. The summed E-state index contributed by atoms with van der Waals surface area (Å²) in [6.45, 7) is 1.42. The molecule has 0 atom stereocenters. The molecule has 36 heavy (non-hydrogen) atoms. The number of hydrogen-bond acceptors (Lipinski definition) is 7. The van der Waals surface area contributed by atoms with E-state index in [4.69, 9.17) is 21.1 Å². The predicted octanol–water partition coefficient (Wildman–Crippen LogP) is 5.03. The number of carbonyl (C=O) groups is 2. The number of ketones is 1. The highest BCUT2D eigenvalue weighted by molar-refractivity contribution is 7.90. The highest BCUT2D eigenvalue weighted by Crippen LogP contribution is 2.30. The van der Waals surface area contributed by atoms with Gasteiger partial charge in [0.2, 0.25) is 0 Å². The minimum atomic E-state index is -3.38. The largest absolute Gasteiger partial charge is 0.493 e. The summed E-state index contributed by atoms with van der Waals surface area (Å²) < 4.78 is 36.0. The van der Waals surface area contributed by atoms with Crippen LogP contribution in [0.3, 0.4) is 0 Å². The van der Waals surface area contributed by atoms with Crippen molar-refractivity contribution in [3.8, 4) is 28.4 Å². The molecule has 1 heterocycles. The Labute approximate surface area is 213 Å². The van der Waals surface area contributed by atoms with E-state index in [0.29, 0.717) is 22.0 Å². The number of aromatic nitrogens is 2. The maximum atomic E-state index is 13.0. The number of ether oxygens (including phenoxy) is 2. The van der Waals surface area contributed by atoms with Crippen molar-refractivity contribution in [3.63, 3.8) is 0 Å². The third-order valence-corrected chi connectivity index (χ3v) is 6.72. The zero-order valence-corrected chi connectivity index (χ0v) is 21.1. The molecule has 3 aromatic carbocycles. The zero-order chi connectivity index (χ0) is 26.0. The van der Waals surface area contributed by atoms with Crippen LogP contribution in [0.15, 0.2) is 77.7 Å². The van der Waals surface area contributed by atoms with Gasteiger partial charge in [-0.15, -0.1) is 0 Å². The van der Waals surface area contributed by atoms with Gasteiger partial charge in [-0.25, -0.2) is 17.9 Å². The molecule has 0 bridgehead atoms. The lowest BCUT2D eigenvalue weighted by Crippen LogP contribution is -2.11. The normalized spacial score (nSPS) is 11.2. The van der Waals surface area contributed by atoms with Gasteiger partial charge in [0.1, 0.15) is 0 Å².